The Morgan fingerprint density at radius 3 is 1.92 bits per heavy atom. The normalized spacial score (nSPS) is 16.8. The van der Waals surface area contributed by atoms with Crippen LogP contribution in [0.1, 0.15) is 80.4 Å². The Morgan fingerprint density at radius 1 is 0.734 bits per heavy atom. The van der Waals surface area contributed by atoms with Crippen molar-refractivity contribution in [2.75, 3.05) is 29.5 Å². The molecule has 0 radical (unpaired) electrons. The molecule has 0 atom stereocenters. The van der Waals surface area contributed by atoms with Gasteiger partial charge in [0.1, 0.15) is 16.7 Å². The molecule has 3 aromatic carbocycles. The van der Waals surface area contributed by atoms with Crippen LogP contribution in [0.4, 0.5) is 11.4 Å². The summed E-state index contributed by atoms with van der Waals surface area (Å²) in [7, 11) is -18.3. The Bertz CT molecular complexity index is 2900. The van der Waals surface area contributed by atoms with E-state index in [1.54, 1.807) is 54.7 Å². The number of anilines is 1. The fourth-order valence-corrected chi connectivity index (χ4v) is 9.89. The third-order valence-electron chi connectivity index (χ3n) is 10.9. The average molecular weight is 977 g/mol. The second-order valence-electron chi connectivity index (χ2n) is 15.9. The van der Waals surface area contributed by atoms with Crippen LogP contribution in [-0.4, -0.2) is 97.8 Å². The van der Waals surface area contributed by atoms with Gasteiger partial charge in [-0.25, -0.2) is 30.0 Å². The molecule has 0 spiro atoms. The molecule has 5 rings (SSSR count). The molecule has 2 aliphatic rings. The molecule has 3 aromatic rings. The first-order valence-electron chi connectivity index (χ1n) is 19.2. The molecule has 0 aromatic heterocycles. The third-order valence-corrected chi connectivity index (χ3v) is 14.1. The van der Waals surface area contributed by atoms with Gasteiger partial charge in [-0.15, -0.1) is 0 Å². The van der Waals surface area contributed by atoms with Crippen molar-refractivity contribution in [2.45, 2.75) is 74.0 Å². The summed E-state index contributed by atoms with van der Waals surface area (Å²) in [6, 6.07) is 14.4. The van der Waals surface area contributed by atoms with E-state index in [-0.39, 0.29) is 108 Å². The van der Waals surface area contributed by atoms with Crippen LogP contribution in [0.3, 0.4) is 0 Å². The smallest absolute Gasteiger partial charge is 0.748 e. The first kappa shape index (κ1) is 55.5. The number of unbranched alkanes of at least 4 members (excludes halogenated alkanes) is 2. The number of rotatable bonds is 18. The van der Waals surface area contributed by atoms with E-state index in [0.29, 0.717) is 45.0 Å². The maximum absolute atomic E-state index is 12.1. The summed E-state index contributed by atoms with van der Waals surface area (Å²) in [6.45, 7) is 7.84. The first-order chi connectivity index (χ1) is 28.6. The van der Waals surface area contributed by atoms with Crippen LogP contribution in [-0.2, 0) is 51.3 Å². The van der Waals surface area contributed by atoms with Gasteiger partial charge in [0.25, 0.3) is 10.1 Å². The zero-order valence-electron chi connectivity index (χ0n) is 36.2. The molecule has 0 amide bonds. The molecule has 16 nitrogen and oxygen atoms in total. The Hall–Kier alpha value is -2.80. The van der Waals surface area contributed by atoms with Crippen LogP contribution in [0.15, 0.2) is 113 Å². The summed E-state index contributed by atoms with van der Waals surface area (Å²) in [4.78, 5) is 13.1. The number of fused-ring (bicyclic) bond motifs is 2. The van der Waals surface area contributed by atoms with Gasteiger partial charge in [0.05, 0.1) is 41.0 Å². The number of hydrogen-bond donors (Lipinski definition) is 2. The van der Waals surface area contributed by atoms with Crippen LogP contribution >= 0.6 is 0 Å². The Balaban J connectivity index is 0.00000544. The predicted octanol–water partition coefficient (Wildman–Crippen LogP) is -0.552. The molecule has 2 aliphatic heterocycles. The molecule has 22 heteroatoms. The van der Waals surface area contributed by atoms with Crippen molar-refractivity contribution in [3.05, 3.63) is 125 Å². The zero-order chi connectivity index (χ0) is 46.1. The van der Waals surface area contributed by atoms with Gasteiger partial charge in [0.15, 0.2) is 5.71 Å². The van der Waals surface area contributed by atoms with E-state index in [4.69, 9.17) is 0 Å². The summed E-state index contributed by atoms with van der Waals surface area (Å²) < 4.78 is 140. The monoisotopic (exact) mass is 976 g/mol. The van der Waals surface area contributed by atoms with E-state index in [2.05, 4.69) is 0 Å². The van der Waals surface area contributed by atoms with Crippen molar-refractivity contribution in [1.82, 2.24) is 0 Å². The molecular weight excluding hydrogens is 931 g/mol. The SMILES string of the molecule is CC1(C)C(=CC=CC(=CC=CC2=[N+](CCCCS(=O)(=O)[O-])c3ccc(S(=O)(=O)[O-])cc3C2(C)C)c2cccc(C(=O)O)c2)N(CCCCS(=O)(=O)[O-])c2ccc(S(=O)(=O)O)cc21.[Na+].[Na+]. The quantitative estimate of drug-likeness (QED) is 0.0532. The standard InChI is InChI=1S/C42H48N2O14S4.2Na/c1-41(2)34-27-32(61(53,54)55)18-20-36(34)43(22-5-7-24-59(47,48)49)38(41)16-10-12-29(30-14-9-15-31(26-30)40(45)46)13-11-17-39-42(3,4)35-28-33(62(56,57)58)19-21-37(35)44(39)23-6-8-25-60(50,51)52;;/h9-21,26-28H,5-8,22-25H2,1-4H3,(H4-,45,46,47,48,49,50,51,52,53,54,55,56,57,58);;/q;2*+1/p-2. The van der Waals surface area contributed by atoms with Gasteiger partial charge in [-0.05, 0) is 98.4 Å². The van der Waals surface area contributed by atoms with Gasteiger partial charge in [0.2, 0.25) is 5.69 Å². The number of carbonyl (C=O) groups is 1. The number of allylic oxidation sites excluding steroid dienone is 8. The van der Waals surface area contributed by atoms with Gasteiger partial charge in [-0.1, -0.05) is 50.3 Å². The number of aromatic carboxylic acids is 1. The molecule has 0 saturated heterocycles. The van der Waals surface area contributed by atoms with Crippen molar-refractivity contribution in [1.29, 1.82) is 0 Å². The number of nitrogens with zero attached hydrogens (tertiary/aromatic N) is 2. The van der Waals surface area contributed by atoms with Gasteiger partial charge in [-0.3, -0.25) is 4.55 Å². The molecule has 0 bridgehead atoms. The van der Waals surface area contributed by atoms with Gasteiger partial charge in [-0.2, -0.15) is 13.0 Å². The van der Waals surface area contributed by atoms with E-state index in [0.717, 1.165) is 0 Å². The summed E-state index contributed by atoms with van der Waals surface area (Å²) in [6.07, 6.45) is 11.1. The molecule has 64 heavy (non-hydrogen) atoms. The van der Waals surface area contributed by atoms with Gasteiger partial charge < -0.3 is 23.7 Å². The maximum Gasteiger partial charge on any atom is 1.00 e. The number of hydrogen-bond acceptors (Lipinski definition) is 13. The van der Waals surface area contributed by atoms with Crippen molar-refractivity contribution in [3.63, 3.8) is 0 Å². The molecule has 0 unspecified atom stereocenters. The van der Waals surface area contributed by atoms with Crippen LogP contribution in [0.25, 0.3) is 5.57 Å². The van der Waals surface area contributed by atoms with E-state index in [1.807, 2.05) is 37.2 Å². The summed E-state index contributed by atoms with van der Waals surface area (Å²) in [5, 5.41) is 9.79. The Morgan fingerprint density at radius 2 is 1.33 bits per heavy atom. The van der Waals surface area contributed by atoms with Crippen molar-refractivity contribution in [2.24, 2.45) is 0 Å². The molecule has 0 fully saturated rings. The van der Waals surface area contributed by atoms with Crippen LogP contribution in [0.2, 0.25) is 0 Å². The minimum Gasteiger partial charge on any atom is -0.748 e. The van der Waals surface area contributed by atoms with Crippen LogP contribution < -0.4 is 64.0 Å². The molecular formula is C42H46N2Na2O14S4. The van der Waals surface area contributed by atoms with Crippen LogP contribution in [0, 0.1) is 0 Å². The largest absolute Gasteiger partial charge is 1.00 e. The minimum atomic E-state index is -4.81. The number of carboxylic acid groups (broad SMARTS) is 1. The molecule has 2 N–H and O–H groups in total. The third kappa shape index (κ3) is 13.7. The fourth-order valence-electron chi connectivity index (χ4n) is 7.77. The second kappa shape index (κ2) is 21.4. The predicted molar refractivity (Wildman–Crippen MR) is 229 cm³/mol. The average Bonchev–Trinajstić information content (AvgIpc) is 3.50. The van der Waals surface area contributed by atoms with Crippen molar-refractivity contribution < 1.29 is 125 Å². The second-order valence-corrected chi connectivity index (χ2v) is 21.8. The topological polar surface area (TPSA) is 270 Å². The summed E-state index contributed by atoms with van der Waals surface area (Å²) in [5.74, 6) is -2.30. The maximum atomic E-state index is 12.1. The molecule has 0 saturated carbocycles. The van der Waals surface area contributed by atoms with E-state index < -0.39 is 73.7 Å². The van der Waals surface area contributed by atoms with Crippen LogP contribution in [0.5, 0.6) is 0 Å². The van der Waals surface area contributed by atoms with Crippen molar-refractivity contribution in [3.8, 4) is 0 Å². The first-order valence-corrected chi connectivity index (χ1v) is 25.2. The van der Waals surface area contributed by atoms with E-state index >= 15 is 0 Å². The summed E-state index contributed by atoms with van der Waals surface area (Å²) in [5.41, 5.74) is 2.89. The van der Waals surface area contributed by atoms with Gasteiger partial charge in [0, 0.05) is 59.0 Å². The Labute approximate surface area is 419 Å². The fraction of sp³-hybridized carbons (Fsp3) is 0.333. The number of carboxylic acids is 1. The molecule has 2 heterocycles. The molecule has 0 aliphatic carbocycles. The number of benzene rings is 3. The zero-order valence-corrected chi connectivity index (χ0v) is 43.5. The van der Waals surface area contributed by atoms with Gasteiger partial charge >= 0.3 is 65.1 Å². The summed E-state index contributed by atoms with van der Waals surface area (Å²) >= 11 is 0. The Kier molecular flexibility index (Phi) is 18.6. The van der Waals surface area contributed by atoms with E-state index in [9.17, 15) is 61.8 Å². The van der Waals surface area contributed by atoms with E-state index in [1.165, 1.54) is 42.5 Å². The minimum absolute atomic E-state index is 0. The molecule has 334 valence electrons. The van der Waals surface area contributed by atoms with Crippen molar-refractivity contribution >= 4 is 69.1 Å².